The molecule has 1 aromatic rings. The lowest BCUT2D eigenvalue weighted by Gasteiger charge is -2.01. The van der Waals surface area contributed by atoms with Crippen LogP contribution in [0.3, 0.4) is 0 Å². The quantitative estimate of drug-likeness (QED) is 0.737. The molecule has 13 heavy (non-hydrogen) atoms. The van der Waals surface area contributed by atoms with Crippen LogP contribution in [0, 0.1) is 6.92 Å². The second-order valence-electron chi connectivity index (χ2n) is 3.03. The molecule has 74 valence electrons. The third-order valence-electron chi connectivity index (χ3n) is 1.88. The van der Waals surface area contributed by atoms with Gasteiger partial charge in [-0.3, -0.25) is 4.68 Å². The minimum absolute atomic E-state index is 0.753. The first kappa shape index (κ1) is 10.5. The molecule has 0 saturated heterocycles. The molecule has 0 spiro atoms. The second kappa shape index (κ2) is 5.25. The molecule has 0 amide bonds. The highest BCUT2D eigenvalue weighted by molar-refractivity contribution is 6.31. The summed E-state index contributed by atoms with van der Waals surface area (Å²) in [6.07, 6.45) is 2.97. The summed E-state index contributed by atoms with van der Waals surface area (Å²) in [5.41, 5.74) is 0.908. The van der Waals surface area contributed by atoms with Gasteiger partial charge in [0.25, 0.3) is 0 Å². The van der Waals surface area contributed by atoms with Crippen LogP contribution in [-0.4, -0.2) is 22.9 Å². The Morgan fingerprint density at radius 1 is 1.62 bits per heavy atom. The van der Waals surface area contributed by atoms with Crippen molar-refractivity contribution in [3.63, 3.8) is 0 Å². The summed E-state index contributed by atoms with van der Waals surface area (Å²) in [7, 11) is 0. The predicted octanol–water partition coefficient (Wildman–Crippen LogP) is 1.84. The van der Waals surface area contributed by atoms with Gasteiger partial charge in [0.1, 0.15) is 0 Å². The number of hydrogen-bond acceptors (Lipinski definition) is 2. The van der Waals surface area contributed by atoms with E-state index in [1.807, 2.05) is 17.8 Å². The van der Waals surface area contributed by atoms with Gasteiger partial charge in [0.2, 0.25) is 0 Å². The Morgan fingerprint density at radius 2 is 2.38 bits per heavy atom. The van der Waals surface area contributed by atoms with Crippen molar-refractivity contribution in [3.8, 4) is 0 Å². The summed E-state index contributed by atoms with van der Waals surface area (Å²) in [6.45, 7) is 7.02. The molecule has 1 heterocycles. The van der Waals surface area contributed by atoms with E-state index in [4.69, 9.17) is 11.6 Å². The molecule has 0 bridgehead atoms. The molecule has 4 heteroatoms. The largest absolute Gasteiger partial charge is 0.317 e. The molecule has 0 aliphatic carbocycles. The SMILES string of the molecule is CCNCCCn1cc(Cl)c(C)n1. The fourth-order valence-electron chi connectivity index (χ4n) is 1.15. The number of nitrogens with zero attached hydrogens (tertiary/aromatic N) is 2. The highest BCUT2D eigenvalue weighted by Crippen LogP contribution is 2.11. The van der Waals surface area contributed by atoms with Gasteiger partial charge in [-0.15, -0.1) is 0 Å². The molecule has 1 N–H and O–H groups in total. The van der Waals surface area contributed by atoms with E-state index in [-0.39, 0.29) is 0 Å². The minimum Gasteiger partial charge on any atom is -0.317 e. The number of halogens is 1. The maximum atomic E-state index is 5.87. The maximum Gasteiger partial charge on any atom is 0.0814 e. The fourth-order valence-corrected chi connectivity index (χ4v) is 1.30. The summed E-state index contributed by atoms with van der Waals surface area (Å²) in [4.78, 5) is 0. The van der Waals surface area contributed by atoms with E-state index >= 15 is 0 Å². The molecule has 1 aromatic heterocycles. The van der Waals surface area contributed by atoms with Crippen LogP contribution in [0.2, 0.25) is 5.02 Å². The Balaban J connectivity index is 2.29. The van der Waals surface area contributed by atoms with Crippen LogP contribution < -0.4 is 5.32 Å². The first-order chi connectivity index (χ1) is 6.24. The molecule has 3 nitrogen and oxygen atoms in total. The number of rotatable bonds is 5. The van der Waals surface area contributed by atoms with Crippen LogP contribution >= 0.6 is 11.6 Å². The van der Waals surface area contributed by atoms with E-state index in [2.05, 4.69) is 17.3 Å². The van der Waals surface area contributed by atoms with Crippen LogP contribution in [0.25, 0.3) is 0 Å². The maximum absolute atomic E-state index is 5.87. The van der Waals surface area contributed by atoms with E-state index in [0.29, 0.717) is 0 Å². The zero-order valence-electron chi connectivity index (χ0n) is 8.18. The molecular formula is C9H16ClN3. The summed E-state index contributed by atoms with van der Waals surface area (Å²) < 4.78 is 1.90. The monoisotopic (exact) mass is 201 g/mol. The van der Waals surface area contributed by atoms with Gasteiger partial charge in [-0.1, -0.05) is 18.5 Å². The molecular weight excluding hydrogens is 186 g/mol. The molecule has 0 fully saturated rings. The van der Waals surface area contributed by atoms with E-state index in [9.17, 15) is 0 Å². The van der Waals surface area contributed by atoms with Gasteiger partial charge < -0.3 is 5.32 Å². The number of aryl methyl sites for hydroxylation is 2. The van der Waals surface area contributed by atoms with Gasteiger partial charge in [-0.25, -0.2) is 0 Å². The van der Waals surface area contributed by atoms with E-state index < -0.39 is 0 Å². The highest BCUT2D eigenvalue weighted by Gasteiger charge is 2.00. The third-order valence-corrected chi connectivity index (χ3v) is 2.25. The molecule has 0 radical (unpaired) electrons. The van der Waals surface area contributed by atoms with Crippen molar-refractivity contribution in [1.82, 2.24) is 15.1 Å². The molecule has 0 saturated carbocycles. The van der Waals surface area contributed by atoms with Crippen LogP contribution in [-0.2, 0) is 6.54 Å². The van der Waals surface area contributed by atoms with E-state index in [0.717, 1.165) is 36.8 Å². The molecule has 0 aromatic carbocycles. The van der Waals surface area contributed by atoms with Crippen molar-refractivity contribution >= 4 is 11.6 Å². The molecule has 0 unspecified atom stereocenters. The van der Waals surface area contributed by atoms with Crippen molar-refractivity contribution in [3.05, 3.63) is 16.9 Å². The topological polar surface area (TPSA) is 29.9 Å². The molecule has 0 atom stereocenters. The zero-order valence-corrected chi connectivity index (χ0v) is 8.93. The zero-order chi connectivity index (χ0) is 9.68. The summed E-state index contributed by atoms with van der Waals surface area (Å²) >= 11 is 5.87. The van der Waals surface area contributed by atoms with Gasteiger partial charge in [0, 0.05) is 12.7 Å². The number of hydrogen-bond donors (Lipinski definition) is 1. The summed E-state index contributed by atoms with van der Waals surface area (Å²) in [5, 5.41) is 8.28. The van der Waals surface area contributed by atoms with Crippen molar-refractivity contribution in [2.24, 2.45) is 0 Å². The van der Waals surface area contributed by atoms with Gasteiger partial charge in [0.05, 0.1) is 10.7 Å². The van der Waals surface area contributed by atoms with E-state index in [1.54, 1.807) is 0 Å². The highest BCUT2D eigenvalue weighted by atomic mass is 35.5. The van der Waals surface area contributed by atoms with Gasteiger partial charge in [0.15, 0.2) is 0 Å². The first-order valence-corrected chi connectivity index (χ1v) is 5.02. The standard InChI is InChI=1S/C9H16ClN3/c1-3-11-5-4-6-13-7-9(10)8(2)12-13/h7,11H,3-6H2,1-2H3. The first-order valence-electron chi connectivity index (χ1n) is 4.64. The van der Waals surface area contributed by atoms with Crippen molar-refractivity contribution < 1.29 is 0 Å². The fraction of sp³-hybridized carbons (Fsp3) is 0.667. The Labute approximate surface area is 84.1 Å². The molecule has 1 rings (SSSR count). The normalized spacial score (nSPS) is 10.7. The van der Waals surface area contributed by atoms with Crippen molar-refractivity contribution in [2.45, 2.75) is 26.8 Å². The Hall–Kier alpha value is -0.540. The number of aromatic nitrogens is 2. The van der Waals surface area contributed by atoms with Crippen LogP contribution in [0.1, 0.15) is 19.0 Å². The third kappa shape index (κ3) is 3.36. The average molecular weight is 202 g/mol. The Bertz CT molecular complexity index is 238. The lowest BCUT2D eigenvalue weighted by molar-refractivity contribution is 0.548. The smallest absolute Gasteiger partial charge is 0.0814 e. The van der Waals surface area contributed by atoms with E-state index in [1.165, 1.54) is 0 Å². The van der Waals surface area contributed by atoms with Crippen molar-refractivity contribution in [1.29, 1.82) is 0 Å². The second-order valence-corrected chi connectivity index (χ2v) is 3.44. The Kier molecular flexibility index (Phi) is 4.25. The van der Waals surface area contributed by atoms with Gasteiger partial charge in [-0.05, 0) is 26.4 Å². The van der Waals surface area contributed by atoms with Crippen LogP contribution in [0.15, 0.2) is 6.20 Å². The lowest BCUT2D eigenvalue weighted by atomic mass is 10.4. The summed E-state index contributed by atoms with van der Waals surface area (Å²) in [5.74, 6) is 0. The minimum atomic E-state index is 0.753. The van der Waals surface area contributed by atoms with Crippen LogP contribution in [0.4, 0.5) is 0 Å². The lowest BCUT2D eigenvalue weighted by Crippen LogP contribution is -2.16. The van der Waals surface area contributed by atoms with Crippen molar-refractivity contribution in [2.75, 3.05) is 13.1 Å². The molecule has 0 aliphatic rings. The number of nitrogens with one attached hydrogen (secondary N) is 1. The van der Waals surface area contributed by atoms with Crippen LogP contribution in [0.5, 0.6) is 0 Å². The van der Waals surface area contributed by atoms with Gasteiger partial charge in [-0.2, -0.15) is 5.10 Å². The Morgan fingerprint density at radius 3 is 2.92 bits per heavy atom. The summed E-state index contributed by atoms with van der Waals surface area (Å²) in [6, 6.07) is 0. The van der Waals surface area contributed by atoms with Gasteiger partial charge >= 0.3 is 0 Å². The average Bonchev–Trinajstić information content (AvgIpc) is 2.41. The molecule has 0 aliphatic heterocycles. The predicted molar refractivity (Wildman–Crippen MR) is 55.1 cm³/mol.